The van der Waals surface area contributed by atoms with Gasteiger partial charge in [0.15, 0.2) is 0 Å². The molecule has 0 rings (SSSR count). The molecule has 0 unspecified atom stereocenters. The van der Waals surface area contributed by atoms with Crippen LogP contribution in [-0.4, -0.2) is 30.3 Å². The molecule has 0 aliphatic rings. The number of hydrogen-bond donors (Lipinski definition) is 0. The predicted octanol–water partition coefficient (Wildman–Crippen LogP) is 11.8. The lowest BCUT2D eigenvalue weighted by atomic mass is 9.87. The Morgan fingerprint density at radius 3 is 2.10 bits per heavy atom. The van der Waals surface area contributed by atoms with E-state index in [0.717, 1.165) is 31.4 Å². The smallest absolute Gasteiger partial charge is 0.283 e. The second-order valence-electron chi connectivity index (χ2n) is 11.5. The van der Waals surface area contributed by atoms with Crippen LogP contribution >= 0.6 is 0 Å². The molecule has 0 aromatic rings. The molecule has 0 saturated carbocycles. The summed E-state index contributed by atoms with van der Waals surface area (Å²) in [4.78, 5) is 8.93. The van der Waals surface area contributed by atoms with Gasteiger partial charge in [-0.1, -0.05) is 77.0 Å². The summed E-state index contributed by atoms with van der Waals surface area (Å²) in [5.74, 6) is 1.35. The normalized spacial score (nSPS) is 17.1. The van der Waals surface area contributed by atoms with Crippen LogP contribution in [0, 0.1) is 17.8 Å². The molecule has 0 spiro atoms. The molecule has 0 bridgehead atoms. The third-order valence-corrected chi connectivity index (χ3v) is 7.01. The van der Waals surface area contributed by atoms with Gasteiger partial charge in [-0.15, -0.1) is 0 Å². The van der Waals surface area contributed by atoms with E-state index >= 15 is 0 Å². The van der Waals surface area contributed by atoms with Crippen LogP contribution in [0.5, 0.6) is 0 Å². The van der Waals surface area contributed by atoms with Gasteiger partial charge in [0.2, 0.25) is 0 Å². The molecule has 0 aromatic heterocycles. The lowest BCUT2D eigenvalue weighted by molar-refractivity contribution is -0.135. The molecule has 0 aliphatic carbocycles. The summed E-state index contributed by atoms with van der Waals surface area (Å²) in [6, 6.07) is -0.365. The maximum absolute atomic E-state index is 12.7. The number of nitrogens with zero attached hydrogens (tertiary/aromatic N) is 2. The first-order valence-electron chi connectivity index (χ1n) is 14.9. The Morgan fingerprint density at radius 1 is 0.878 bits per heavy atom. The van der Waals surface area contributed by atoms with Crippen molar-refractivity contribution in [2.75, 3.05) is 0 Å². The van der Waals surface area contributed by atoms with Crippen LogP contribution < -0.4 is 0 Å². The fraction of sp³-hybridized carbons (Fsp3) is 0.697. The summed E-state index contributed by atoms with van der Waals surface area (Å²) in [5, 5.41) is 0. The van der Waals surface area contributed by atoms with Crippen molar-refractivity contribution in [2.24, 2.45) is 27.7 Å². The fourth-order valence-electron chi connectivity index (χ4n) is 4.43. The lowest BCUT2D eigenvalue weighted by Crippen LogP contribution is -2.11. The van der Waals surface area contributed by atoms with Crippen LogP contribution in [0.3, 0.4) is 0 Å². The quantitative estimate of drug-likeness (QED) is 0.0443. The average Bonchev–Trinajstić information content (AvgIpc) is 2.83. The van der Waals surface area contributed by atoms with Gasteiger partial charge in [0.25, 0.3) is 0 Å². The molecule has 8 heteroatoms. The molecule has 0 amide bonds. The Morgan fingerprint density at radius 2 is 1.51 bits per heavy atom. The molecule has 0 aliphatic heterocycles. The van der Waals surface area contributed by atoms with Crippen molar-refractivity contribution >= 4 is 11.9 Å². The first-order valence-corrected chi connectivity index (χ1v) is 14.9. The highest BCUT2D eigenvalue weighted by Gasteiger charge is 2.27. The third kappa shape index (κ3) is 24.2. The zero-order valence-corrected chi connectivity index (χ0v) is 25.9. The van der Waals surface area contributed by atoms with Crippen molar-refractivity contribution in [1.82, 2.24) is 0 Å². The zero-order valence-electron chi connectivity index (χ0n) is 25.9. The van der Waals surface area contributed by atoms with Crippen molar-refractivity contribution in [3.8, 4) is 0 Å². The highest BCUT2D eigenvalue weighted by atomic mass is 19.4. The lowest BCUT2D eigenvalue weighted by Gasteiger charge is -2.20. The van der Waals surface area contributed by atoms with Crippen molar-refractivity contribution in [3.05, 3.63) is 48.2 Å². The maximum Gasteiger partial charge on any atom is 0.392 e. The van der Waals surface area contributed by atoms with Crippen LogP contribution in [-0.2, 0) is 0 Å². The van der Waals surface area contributed by atoms with Crippen molar-refractivity contribution in [2.45, 2.75) is 131 Å². The van der Waals surface area contributed by atoms with Crippen LogP contribution in [0.1, 0.15) is 112 Å². The Kier molecular flexibility index (Phi) is 19.6. The predicted molar refractivity (Wildman–Crippen MR) is 163 cm³/mol. The molecule has 0 radical (unpaired) electrons. The number of hydrogen-bond acceptors (Lipinski definition) is 2. The van der Waals surface area contributed by atoms with E-state index in [2.05, 4.69) is 45.3 Å². The van der Waals surface area contributed by atoms with E-state index in [9.17, 15) is 26.3 Å². The molecule has 236 valence electrons. The average molecular weight is 591 g/mol. The van der Waals surface area contributed by atoms with Gasteiger partial charge in [-0.3, -0.25) is 9.98 Å². The second-order valence-corrected chi connectivity index (χ2v) is 11.5. The minimum atomic E-state index is -4.23. The van der Waals surface area contributed by atoms with E-state index < -0.39 is 25.2 Å². The van der Waals surface area contributed by atoms with Crippen molar-refractivity contribution in [3.63, 3.8) is 0 Å². The van der Waals surface area contributed by atoms with Gasteiger partial charge >= 0.3 is 12.4 Å². The van der Waals surface area contributed by atoms with Crippen molar-refractivity contribution in [1.29, 1.82) is 0 Å². The van der Waals surface area contributed by atoms with E-state index in [0.29, 0.717) is 36.3 Å². The van der Waals surface area contributed by atoms with Gasteiger partial charge in [0.1, 0.15) is 0 Å². The summed E-state index contributed by atoms with van der Waals surface area (Å²) >= 11 is 0. The molecule has 0 N–H and O–H groups in total. The van der Waals surface area contributed by atoms with Crippen LogP contribution in [0.2, 0.25) is 0 Å². The number of unbranched alkanes of at least 4 members (excludes halogenated alkanes) is 1. The Labute approximate surface area is 244 Å². The fourth-order valence-corrected chi connectivity index (χ4v) is 4.43. The summed E-state index contributed by atoms with van der Waals surface area (Å²) in [6.45, 7) is 15.9. The van der Waals surface area contributed by atoms with Gasteiger partial charge in [-0.05, 0) is 82.6 Å². The third-order valence-electron chi connectivity index (χ3n) is 7.01. The minimum absolute atomic E-state index is 0.0239. The van der Waals surface area contributed by atoms with E-state index in [1.54, 1.807) is 13.0 Å². The molecular weight excluding hydrogens is 538 g/mol. The molecule has 2 nitrogen and oxygen atoms in total. The number of alkyl halides is 6. The minimum Gasteiger partial charge on any atom is -0.283 e. The summed E-state index contributed by atoms with van der Waals surface area (Å²) < 4.78 is 74.9. The van der Waals surface area contributed by atoms with Gasteiger partial charge in [0, 0.05) is 24.0 Å². The molecule has 41 heavy (non-hydrogen) atoms. The van der Waals surface area contributed by atoms with Gasteiger partial charge in [-0.2, -0.15) is 26.3 Å². The maximum atomic E-state index is 12.7. The Hall–Kier alpha value is -2.12. The first-order chi connectivity index (χ1) is 19.0. The zero-order chi connectivity index (χ0) is 31.5. The molecule has 0 heterocycles. The molecule has 4 atom stereocenters. The monoisotopic (exact) mass is 590 g/mol. The van der Waals surface area contributed by atoms with Crippen LogP contribution in [0.15, 0.2) is 58.2 Å². The van der Waals surface area contributed by atoms with Gasteiger partial charge in [0.05, 0.1) is 12.5 Å². The Balaban J connectivity index is 5.09. The molecular formula is C33H52F6N2. The summed E-state index contributed by atoms with van der Waals surface area (Å²) in [7, 11) is 0. The molecule has 0 fully saturated rings. The van der Waals surface area contributed by atoms with Gasteiger partial charge < -0.3 is 0 Å². The van der Waals surface area contributed by atoms with Crippen LogP contribution in [0.25, 0.3) is 0 Å². The SMILES string of the molecule is C=C(CC[C@H](C)[C@@H](C)CCC(/C=C/C=C\C[C@H](C)CCC)=N[C@@H](C)/C=C(\C)CC(F)(F)F)N=CCCCC(F)(F)F. The largest absolute Gasteiger partial charge is 0.392 e. The van der Waals surface area contributed by atoms with E-state index in [1.807, 2.05) is 18.2 Å². The van der Waals surface area contributed by atoms with E-state index in [1.165, 1.54) is 19.6 Å². The summed E-state index contributed by atoms with van der Waals surface area (Å²) in [6.07, 6.45) is 7.78. The van der Waals surface area contributed by atoms with Gasteiger partial charge in [-0.25, -0.2) is 0 Å². The molecule has 0 aromatic carbocycles. The highest BCUT2D eigenvalue weighted by Crippen LogP contribution is 2.26. The first kappa shape index (κ1) is 38.9. The van der Waals surface area contributed by atoms with Crippen LogP contribution in [0.4, 0.5) is 26.3 Å². The number of halogens is 6. The standard InChI is InChI=1S/C33H52F6N2/c1-8-14-25(2)15-10-9-11-16-31(41-30(7)23-26(3)24-33(37,38)39)20-18-28(5)27(4)17-19-29(6)40-22-13-12-21-32(34,35)36/h9-11,16,22-23,25,27-28,30H,6,8,12-15,17-21,24H2,1-5,7H3/b10-9-,16-11+,26-23+,40-22?,41-31?/t25-,27+,28+,30+/m1/s1. The number of rotatable bonds is 20. The number of allylic oxidation sites excluding steroid dienone is 6. The second kappa shape index (κ2) is 20.7. The Bertz CT molecular complexity index is 877. The van der Waals surface area contributed by atoms with E-state index in [-0.39, 0.29) is 24.5 Å². The topological polar surface area (TPSA) is 24.7 Å². The molecule has 0 saturated heterocycles. The number of aliphatic imine (C=N–C) groups is 2. The van der Waals surface area contributed by atoms with Crippen molar-refractivity contribution < 1.29 is 26.3 Å². The van der Waals surface area contributed by atoms with E-state index in [4.69, 9.17) is 4.99 Å². The highest BCUT2D eigenvalue weighted by molar-refractivity contribution is 5.95. The summed E-state index contributed by atoms with van der Waals surface area (Å²) in [5.41, 5.74) is 1.77.